The maximum absolute atomic E-state index is 11.1. The number of Topliss-reactive ketones (excluding diaryl/α,β-unsaturated/α-hetero) is 1. The molecule has 0 fully saturated rings. The molecule has 1 nitrogen and oxygen atoms in total. The van der Waals surface area contributed by atoms with Crippen LogP contribution < -0.4 is 0 Å². The molecular formula is C13H16O. The fraction of sp³-hybridized carbons (Fsp3) is 0.462. The average molecular weight is 188 g/mol. The van der Waals surface area contributed by atoms with Gasteiger partial charge >= 0.3 is 0 Å². The van der Waals surface area contributed by atoms with Crippen molar-refractivity contribution in [3.05, 3.63) is 34.4 Å². The molecule has 74 valence electrons. The van der Waals surface area contributed by atoms with Crippen LogP contribution in [-0.4, -0.2) is 5.78 Å². The Kier molecular flexibility index (Phi) is 2.40. The largest absolute Gasteiger partial charge is 0.300 e. The maximum atomic E-state index is 11.1. The highest BCUT2D eigenvalue weighted by molar-refractivity contribution is 5.78. The number of aryl methyl sites for hydroxylation is 1. The van der Waals surface area contributed by atoms with E-state index < -0.39 is 0 Å². The Morgan fingerprint density at radius 1 is 1.29 bits per heavy atom. The normalized spacial score (nSPS) is 14.1. The summed E-state index contributed by atoms with van der Waals surface area (Å²) >= 11 is 0. The third-order valence-corrected chi connectivity index (χ3v) is 3.06. The third kappa shape index (κ3) is 1.59. The Hall–Kier alpha value is -1.11. The summed E-state index contributed by atoms with van der Waals surface area (Å²) in [6, 6.07) is 4.28. The first-order valence-electron chi connectivity index (χ1n) is 5.28. The Balaban J connectivity index is 2.43. The zero-order valence-electron chi connectivity index (χ0n) is 8.89. The van der Waals surface area contributed by atoms with Crippen LogP contribution in [0.1, 0.15) is 35.6 Å². The van der Waals surface area contributed by atoms with Gasteiger partial charge in [-0.15, -0.1) is 0 Å². The summed E-state index contributed by atoms with van der Waals surface area (Å²) in [5.74, 6) is 0.267. The van der Waals surface area contributed by atoms with Crippen LogP contribution in [-0.2, 0) is 24.1 Å². The van der Waals surface area contributed by atoms with Crippen LogP contribution in [0.25, 0.3) is 0 Å². The van der Waals surface area contributed by atoms with Gasteiger partial charge in [0.1, 0.15) is 5.78 Å². The molecule has 0 bridgehead atoms. The highest BCUT2D eigenvalue weighted by Gasteiger charge is 2.16. The number of carbonyl (C=O) groups is 1. The Bertz CT molecular complexity index is 377. The second-order valence-electron chi connectivity index (χ2n) is 4.23. The molecule has 14 heavy (non-hydrogen) atoms. The van der Waals surface area contributed by atoms with Crippen molar-refractivity contribution in [2.45, 2.75) is 39.5 Å². The molecule has 1 aromatic rings. The second-order valence-corrected chi connectivity index (χ2v) is 4.23. The molecule has 0 amide bonds. The Morgan fingerprint density at radius 2 is 2.00 bits per heavy atom. The SMILES string of the molecule is CC(=O)Cc1ccc(C)c2c1CCC2. The molecule has 0 spiro atoms. The highest BCUT2D eigenvalue weighted by Crippen LogP contribution is 2.28. The number of benzene rings is 1. The molecule has 1 aromatic carbocycles. The molecule has 1 heteroatoms. The molecule has 0 heterocycles. The first-order chi connectivity index (χ1) is 6.68. The molecule has 0 saturated carbocycles. The average Bonchev–Trinajstić information content (AvgIpc) is 2.58. The lowest BCUT2D eigenvalue weighted by Gasteiger charge is -2.09. The topological polar surface area (TPSA) is 17.1 Å². The summed E-state index contributed by atoms with van der Waals surface area (Å²) in [5.41, 5.74) is 5.62. The lowest BCUT2D eigenvalue weighted by Crippen LogP contribution is -2.01. The van der Waals surface area contributed by atoms with Crippen LogP contribution in [0.3, 0.4) is 0 Å². The van der Waals surface area contributed by atoms with E-state index in [-0.39, 0.29) is 5.78 Å². The van der Waals surface area contributed by atoms with Gasteiger partial charge in [-0.2, -0.15) is 0 Å². The summed E-state index contributed by atoms with van der Waals surface area (Å²) in [7, 11) is 0. The standard InChI is InChI=1S/C13H16O/c1-9-6-7-11(8-10(2)14)13-5-3-4-12(9)13/h6-7H,3-5,8H2,1-2H3. The van der Waals surface area contributed by atoms with E-state index in [1.54, 1.807) is 6.92 Å². The molecule has 0 saturated heterocycles. The minimum Gasteiger partial charge on any atom is -0.300 e. The quantitative estimate of drug-likeness (QED) is 0.697. The van der Waals surface area contributed by atoms with E-state index in [0.717, 1.165) is 0 Å². The van der Waals surface area contributed by atoms with E-state index in [1.165, 1.54) is 41.5 Å². The molecule has 0 aliphatic heterocycles. The van der Waals surface area contributed by atoms with Gasteiger partial charge in [0.15, 0.2) is 0 Å². The van der Waals surface area contributed by atoms with Gasteiger partial charge in [0.05, 0.1) is 0 Å². The zero-order valence-corrected chi connectivity index (χ0v) is 8.89. The van der Waals surface area contributed by atoms with Gasteiger partial charge in [-0.05, 0) is 55.4 Å². The van der Waals surface area contributed by atoms with E-state index in [0.29, 0.717) is 6.42 Å². The van der Waals surface area contributed by atoms with Crippen LogP contribution in [0, 0.1) is 6.92 Å². The van der Waals surface area contributed by atoms with Crippen LogP contribution in [0.15, 0.2) is 12.1 Å². The molecule has 0 atom stereocenters. The predicted molar refractivity (Wildman–Crippen MR) is 57.6 cm³/mol. The highest BCUT2D eigenvalue weighted by atomic mass is 16.1. The van der Waals surface area contributed by atoms with Gasteiger partial charge in [0, 0.05) is 6.42 Å². The number of ketones is 1. The number of rotatable bonds is 2. The number of fused-ring (bicyclic) bond motifs is 1. The Morgan fingerprint density at radius 3 is 2.71 bits per heavy atom. The van der Waals surface area contributed by atoms with Gasteiger partial charge in [0.2, 0.25) is 0 Å². The van der Waals surface area contributed by atoms with E-state index >= 15 is 0 Å². The van der Waals surface area contributed by atoms with E-state index in [9.17, 15) is 4.79 Å². The van der Waals surface area contributed by atoms with Crippen molar-refractivity contribution in [2.24, 2.45) is 0 Å². The lowest BCUT2D eigenvalue weighted by atomic mass is 9.96. The van der Waals surface area contributed by atoms with E-state index in [4.69, 9.17) is 0 Å². The maximum Gasteiger partial charge on any atom is 0.134 e. The van der Waals surface area contributed by atoms with Crippen LogP contribution in [0.5, 0.6) is 0 Å². The van der Waals surface area contributed by atoms with Gasteiger partial charge in [0.25, 0.3) is 0 Å². The van der Waals surface area contributed by atoms with Gasteiger partial charge in [-0.25, -0.2) is 0 Å². The molecule has 0 aromatic heterocycles. The number of carbonyl (C=O) groups excluding carboxylic acids is 1. The second kappa shape index (κ2) is 3.56. The van der Waals surface area contributed by atoms with Gasteiger partial charge in [-0.1, -0.05) is 12.1 Å². The molecule has 0 N–H and O–H groups in total. The smallest absolute Gasteiger partial charge is 0.134 e. The molecule has 0 radical (unpaired) electrons. The molecule has 1 aliphatic carbocycles. The fourth-order valence-corrected chi connectivity index (χ4v) is 2.39. The van der Waals surface area contributed by atoms with E-state index in [2.05, 4.69) is 19.1 Å². The van der Waals surface area contributed by atoms with E-state index in [1.807, 2.05) is 0 Å². The molecule has 2 rings (SSSR count). The van der Waals surface area contributed by atoms with Crippen molar-refractivity contribution in [2.75, 3.05) is 0 Å². The predicted octanol–water partition coefficient (Wildman–Crippen LogP) is 2.62. The van der Waals surface area contributed by atoms with Crippen molar-refractivity contribution >= 4 is 5.78 Å². The summed E-state index contributed by atoms with van der Waals surface area (Å²) in [6.45, 7) is 3.84. The minimum absolute atomic E-state index is 0.267. The molecular weight excluding hydrogens is 172 g/mol. The molecule has 1 aliphatic rings. The number of hydrogen-bond donors (Lipinski definition) is 0. The van der Waals surface area contributed by atoms with Crippen molar-refractivity contribution in [3.63, 3.8) is 0 Å². The zero-order chi connectivity index (χ0) is 10.1. The summed E-state index contributed by atoms with van der Waals surface area (Å²) in [4.78, 5) is 11.1. The monoisotopic (exact) mass is 188 g/mol. The van der Waals surface area contributed by atoms with Gasteiger partial charge in [-0.3, -0.25) is 4.79 Å². The van der Waals surface area contributed by atoms with Crippen LogP contribution in [0.2, 0.25) is 0 Å². The van der Waals surface area contributed by atoms with Crippen molar-refractivity contribution < 1.29 is 4.79 Å². The first-order valence-corrected chi connectivity index (χ1v) is 5.28. The lowest BCUT2D eigenvalue weighted by molar-refractivity contribution is -0.116. The minimum atomic E-state index is 0.267. The first kappa shape index (κ1) is 9.45. The number of hydrogen-bond acceptors (Lipinski definition) is 1. The van der Waals surface area contributed by atoms with Crippen LogP contribution in [0.4, 0.5) is 0 Å². The summed E-state index contributed by atoms with van der Waals surface area (Å²) in [5, 5.41) is 0. The summed E-state index contributed by atoms with van der Waals surface area (Å²) in [6.07, 6.45) is 4.24. The van der Waals surface area contributed by atoms with Gasteiger partial charge < -0.3 is 0 Å². The fourth-order valence-electron chi connectivity index (χ4n) is 2.39. The van der Waals surface area contributed by atoms with Crippen molar-refractivity contribution in [3.8, 4) is 0 Å². The van der Waals surface area contributed by atoms with Crippen molar-refractivity contribution in [1.82, 2.24) is 0 Å². The third-order valence-electron chi connectivity index (χ3n) is 3.06. The summed E-state index contributed by atoms with van der Waals surface area (Å²) < 4.78 is 0. The Labute approximate surface area is 85.1 Å². The van der Waals surface area contributed by atoms with Crippen LogP contribution >= 0.6 is 0 Å². The van der Waals surface area contributed by atoms with Crippen molar-refractivity contribution in [1.29, 1.82) is 0 Å². The molecule has 0 unspecified atom stereocenters.